The van der Waals surface area contributed by atoms with Crippen LogP contribution in [0.15, 0.2) is 4.99 Å². The van der Waals surface area contributed by atoms with E-state index in [0.29, 0.717) is 18.9 Å². The molecule has 1 unspecified atom stereocenters. The molecule has 0 radical (unpaired) electrons. The Morgan fingerprint density at radius 2 is 2.05 bits per heavy atom. The first-order chi connectivity index (χ1) is 10.1. The van der Waals surface area contributed by atoms with Crippen LogP contribution in [0.25, 0.3) is 0 Å². The van der Waals surface area contributed by atoms with Crippen LogP contribution in [0.2, 0.25) is 0 Å². The lowest BCUT2D eigenvalue weighted by atomic mass is 9.93. The number of carbonyl (C=O) groups excluding carboxylic acids is 1. The van der Waals surface area contributed by atoms with Crippen molar-refractivity contribution < 1.29 is 9.90 Å². The molecule has 1 fully saturated rings. The number of hydrogen-bond donors (Lipinski definition) is 3. The average molecular weight is 426 g/mol. The third-order valence-corrected chi connectivity index (χ3v) is 3.87. The van der Waals surface area contributed by atoms with Crippen molar-refractivity contribution in [3.05, 3.63) is 0 Å². The molecule has 1 aliphatic rings. The van der Waals surface area contributed by atoms with Gasteiger partial charge >= 0.3 is 0 Å². The second-order valence-electron chi connectivity index (χ2n) is 5.79. The summed E-state index contributed by atoms with van der Waals surface area (Å²) in [6, 6.07) is 0. The summed E-state index contributed by atoms with van der Waals surface area (Å²) >= 11 is 0. The molecule has 0 saturated carbocycles. The summed E-state index contributed by atoms with van der Waals surface area (Å²) in [5.41, 5.74) is 0. The molecular formula is C15H31IN4O2. The summed E-state index contributed by atoms with van der Waals surface area (Å²) in [7, 11) is 1.69. The number of nitrogens with zero attached hydrogens (tertiary/aromatic N) is 2. The number of aliphatic hydroxyl groups excluding tert-OH is 1. The topological polar surface area (TPSA) is 77.0 Å². The Bertz CT molecular complexity index is 344. The van der Waals surface area contributed by atoms with E-state index in [0.717, 1.165) is 38.4 Å². The summed E-state index contributed by atoms with van der Waals surface area (Å²) in [5, 5.41) is 15.1. The molecule has 0 bridgehead atoms. The summed E-state index contributed by atoms with van der Waals surface area (Å²) < 4.78 is 0. The van der Waals surface area contributed by atoms with Crippen molar-refractivity contribution in [3.8, 4) is 0 Å². The van der Waals surface area contributed by atoms with Crippen molar-refractivity contribution in [2.24, 2.45) is 16.8 Å². The summed E-state index contributed by atoms with van der Waals surface area (Å²) in [5.74, 6) is 1.71. The van der Waals surface area contributed by atoms with E-state index in [4.69, 9.17) is 5.11 Å². The minimum Gasteiger partial charge on any atom is -0.396 e. The van der Waals surface area contributed by atoms with E-state index in [2.05, 4.69) is 27.4 Å². The first-order valence-corrected chi connectivity index (χ1v) is 7.95. The van der Waals surface area contributed by atoms with Crippen molar-refractivity contribution in [3.63, 3.8) is 0 Å². The average Bonchev–Trinajstić information content (AvgIpc) is 2.51. The van der Waals surface area contributed by atoms with Gasteiger partial charge in [-0.05, 0) is 31.6 Å². The standard InChI is InChI=1S/C15H30N4O2.HI/c1-4-17-15(18-10-12(2)11-20)19-7-5-13(6-8-19)9-14(21)16-3;/h12-13,20H,4-11H2,1-3H3,(H,16,21)(H,17,18);1H. The van der Waals surface area contributed by atoms with Gasteiger partial charge < -0.3 is 20.6 Å². The molecule has 1 amide bonds. The number of aliphatic hydroxyl groups is 1. The molecule has 1 atom stereocenters. The highest BCUT2D eigenvalue weighted by Gasteiger charge is 2.23. The number of piperidine rings is 1. The monoisotopic (exact) mass is 426 g/mol. The lowest BCUT2D eigenvalue weighted by Crippen LogP contribution is -2.46. The number of guanidine groups is 1. The largest absolute Gasteiger partial charge is 0.396 e. The fourth-order valence-electron chi connectivity index (χ4n) is 2.44. The van der Waals surface area contributed by atoms with Crippen LogP contribution in [0.5, 0.6) is 0 Å². The van der Waals surface area contributed by atoms with Gasteiger partial charge in [0.15, 0.2) is 5.96 Å². The molecule has 1 aliphatic heterocycles. The van der Waals surface area contributed by atoms with E-state index in [9.17, 15) is 4.79 Å². The SMILES string of the molecule is CCNC(=NCC(C)CO)N1CCC(CC(=O)NC)CC1.I. The number of halogens is 1. The highest BCUT2D eigenvalue weighted by atomic mass is 127. The lowest BCUT2D eigenvalue weighted by molar-refractivity contribution is -0.121. The van der Waals surface area contributed by atoms with Crippen molar-refractivity contribution in [2.75, 3.05) is 39.8 Å². The molecule has 6 nitrogen and oxygen atoms in total. The maximum absolute atomic E-state index is 11.4. The van der Waals surface area contributed by atoms with E-state index in [1.54, 1.807) is 7.05 Å². The van der Waals surface area contributed by atoms with Crippen LogP contribution < -0.4 is 10.6 Å². The molecule has 22 heavy (non-hydrogen) atoms. The molecule has 1 rings (SSSR count). The van der Waals surface area contributed by atoms with E-state index < -0.39 is 0 Å². The second kappa shape index (κ2) is 11.9. The van der Waals surface area contributed by atoms with Gasteiger partial charge in [0, 0.05) is 46.3 Å². The molecule has 0 spiro atoms. The number of amides is 1. The molecule has 0 aromatic carbocycles. The minimum atomic E-state index is 0. The van der Waals surface area contributed by atoms with E-state index in [1.165, 1.54) is 0 Å². The van der Waals surface area contributed by atoms with Gasteiger partial charge in [0.25, 0.3) is 0 Å². The van der Waals surface area contributed by atoms with Gasteiger partial charge in [-0.2, -0.15) is 0 Å². The van der Waals surface area contributed by atoms with Gasteiger partial charge in [-0.25, -0.2) is 0 Å². The quantitative estimate of drug-likeness (QED) is 0.337. The van der Waals surface area contributed by atoms with Gasteiger partial charge in [-0.1, -0.05) is 6.92 Å². The van der Waals surface area contributed by atoms with Gasteiger partial charge in [0.05, 0.1) is 0 Å². The molecule has 0 aliphatic carbocycles. The van der Waals surface area contributed by atoms with Crippen molar-refractivity contribution in [1.29, 1.82) is 0 Å². The minimum absolute atomic E-state index is 0. The third-order valence-electron chi connectivity index (χ3n) is 3.87. The van der Waals surface area contributed by atoms with Crippen LogP contribution in [0, 0.1) is 11.8 Å². The Labute approximate surface area is 151 Å². The predicted octanol–water partition coefficient (Wildman–Crippen LogP) is 1.05. The number of aliphatic imine (C=N–C) groups is 1. The van der Waals surface area contributed by atoms with Crippen molar-refractivity contribution in [1.82, 2.24) is 15.5 Å². The zero-order valence-corrected chi connectivity index (χ0v) is 16.3. The molecule has 1 saturated heterocycles. The summed E-state index contributed by atoms with van der Waals surface area (Å²) in [6.07, 6.45) is 2.67. The van der Waals surface area contributed by atoms with Crippen LogP contribution in [0.1, 0.15) is 33.1 Å². The highest BCUT2D eigenvalue weighted by molar-refractivity contribution is 14.0. The van der Waals surface area contributed by atoms with E-state index >= 15 is 0 Å². The third kappa shape index (κ3) is 7.62. The molecule has 0 aromatic rings. The Hall–Kier alpha value is -0.570. The smallest absolute Gasteiger partial charge is 0.220 e. The van der Waals surface area contributed by atoms with Gasteiger partial charge in [-0.15, -0.1) is 24.0 Å². The van der Waals surface area contributed by atoms with Crippen molar-refractivity contribution in [2.45, 2.75) is 33.1 Å². The maximum atomic E-state index is 11.4. The normalized spacial score (nSPS) is 17.6. The Kier molecular flexibility index (Phi) is 11.6. The molecule has 0 aromatic heterocycles. The van der Waals surface area contributed by atoms with Crippen LogP contribution in [0.3, 0.4) is 0 Å². The Morgan fingerprint density at radius 3 is 2.55 bits per heavy atom. The fraction of sp³-hybridized carbons (Fsp3) is 0.867. The Balaban J connectivity index is 0.00000441. The molecule has 130 valence electrons. The fourth-order valence-corrected chi connectivity index (χ4v) is 2.44. The number of carbonyl (C=O) groups is 1. The van der Waals surface area contributed by atoms with Gasteiger partial charge in [0.1, 0.15) is 0 Å². The predicted molar refractivity (Wildman–Crippen MR) is 101 cm³/mol. The summed E-state index contributed by atoms with van der Waals surface area (Å²) in [4.78, 5) is 18.3. The summed E-state index contributed by atoms with van der Waals surface area (Å²) in [6.45, 7) is 7.55. The zero-order valence-electron chi connectivity index (χ0n) is 14.0. The maximum Gasteiger partial charge on any atom is 0.220 e. The van der Waals surface area contributed by atoms with Gasteiger partial charge in [0.2, 0.25) is 5.91 Å². The lowest BCUT2D eigenvalue weighted by Gasteiger charge is -2.34. The van der Waals surface area contributed by atoms with E-state index in [1.807, 2.05) is 6.92 Å². The second-order valence-corrected chi connectivity index (χ2v) is 5.79. The zero-order chi connectivity index (χ0) is 15.7. The van der Waals surface area contributed by atoms with Crippen molar-refractivity contribution >= 4 is 35.8 Å². The van der Waals surface area contributed by atoms with Crippen LogP contribution in [-0.2, 0) is 4.79 Å². The van der Waals surface area contributed by atoms with Crippen LogP contribution in [-0.4, -0.2) is 61.7 Å². The number of hydrogen-bond acceptors (Lipinski definition) is 3. The number of rotatable bonds is 6. The van der Waals surface area contributed by atoms with Gasteiger partial charge in [-0.3, -0.25) is 9.79 Å². The first kappa shape index (κ1) is 21.4. The van der Waals surface area contributed by atoms with Crippen LogP contribution >= 0.6 is 24.0 Å². The van der Waals surface area contributed by atoms with Crippen LogP contribution in [0.4, 0.5) is 0 Å². The molecule has 7 heteroatoms. The first-order valence-electron chi connectivity index (χ1n) is 7.95. The number of nitrogens with one attached hydrogen (secondary N) is 2. The molecule has 3 N–H and O–H groups in total. The van der Waals surface area contributed by atoms with E-state index in [-0.39, 0.29) is 42.4 Å². The molecular weight excluding hydrogens is 395 g/mol. The molecule has 1 heterocycles. The number of likely N-dealkylation sites (tertiary alicyclic amines) is 1. The Morgan fingerprint density at radius 1 is 1.41 bits per heavy atom. The highest BCUT2D eigenvalue weighted by Crippen LogP contribution is 2.20.